The topological polar surface area (TPSA) is 109 Å². The molecule has 1 atom stereocenters. The fourth-order valence-electron chi connectivity index (χ4n) is 2.39. The smallest absolute Gasteiger partial charge is 0.233 e. The highest BCUT2D eigenvalue weighted by atomic mass is 32.2. The van der Waals surface area contributed by atoms with Gasteiger partial charge in [-0.05, 0) is 32.4 Å². The van der Waals surface area contributed by atoms with Crippen molar-refractivity contribution in [3.8, 4) is 0 Å². The van der Waals surface area contributed by atoms with Gasteiger partial charge >= 0.3 is 0 Å². The molecule has 0 spiro atoms. The zero-order valence-electron chi connectivity index (χ0n) is 12.6. The molecule has 1 N–H and O–H groups in total. The Hall–Kier alpha value is -1.42. The van der Waals surface area contributed by atoms with Crippen LogP contribution in [0.1, 0.15) is 20.3 Å². The van der Waals surface area contributed by atoms with Gasteiger partial charge in [0, 0.05) is 12.6 Å². The second-order valence-corrected chi connectivity index (χ2v) is 9.36. The van der Waals surface area contributed by atoms with E-state index in [1.54, 1.807) is 6.07 Å². The van der Waals surface area contributed by atoms with Crippen LogP contribution < -0.4 is 9.62 Å². The third-order valence-corrected chi connectivity index (χ3v) is 6.61. The van der Waals surface area contributed by atoms with Gasteiger partial charge in [0.1, 0.15) is 0 Å². The van der Waals surface area contributed by atoms with Crippen molar-refractivity contribution in [2.45, 2.75) is 26.3 Å². The SMILES string of the molecule is CCN(c1ccc(NS(=O)(=O)CC)nn1)C1CCS(=O)(=O)C1. The van der Waals surface area contributed by atoms with E-state index in [0.29, 0.717) is 18.8 Å². The zero-order chi connectivity index (χ0) is 16.4. The second-order valence-electron chi connectivity index (χ2n) is 5.13. The Morgan fingerprint density at radius 2 is 2.05 bits per heavy atom. The number of nitrogens with one attached hydrogen (secondary N) is 1. The Kier molecular flexibility index (Phi) is 4.90. The molecule has 10 heteroatoms. The molecule has 1 aromatic heterocycles. The third-order valence-electron chi connectivity index (χ3n) is 3.57. The van der Waals surface area contributed by atoms with Gasteiger partial charge in [-0.2, -0.15) is 0 Å². The number of hydrogen-bond acceptors (Lipinski definition) is 7. The first-order valence-electron chi connectivity index (χ1n) is 7.07. The Bertz CT molecular complexity index is 716. The highest BCUT2D eigenvalue weighted by Gasteiger charge is 2.32. The molecule has 1 fully saturated rings. The van der Waals surface area contributed by atoms with Crippen molar-refractivity contribution < 1.29 is 16.8 Å². The molecule has 1 aliphatic heterocycles. The standard InChI is InChI=1S/C12H20N4O4S2/c1-3-16(10-7-8-21(17,18)9-10)12-6-5-11(13-14-12)15-22(19,20)4-2/h5-6,10H,3-4,7-9H2,1-2H3,(H,13,15). The lowest BCUT2D eigenvalue weighted by molar-refractivity contribution is 0.598. The second kappa shape index (κ2) is 6.37. The maximum Gasteiger partial charge on any atom is 0.233 e. The Morgan fingerprint density at radius 3 is 2.50 bits per heavy atom. The summed E-state index contributed by atoms with van der Waals surface area (Å²) in [6, 6.07) is 3.07. The van der Waals surface area contributed by atoms with Gasteiger partial charge < -0.3 is 4.90 Å². The molecule has 0 amide bonds. The third kappa shape index (κ3) is 4.07. The van der Waals surface area contributed by atoms with E-state index in [9.17, 15) is 16.8 Å². The monoisotopic (exact) mass is 348 g/mol. The minimum atomic E-state index is -3.39. The first-order chi connectivity index (χ1) is 10.3. The lowest BCUT2D eigenvalue weighted by Gasteiger charge is -2.27. The number of sulfonamides is 1. The van der Waals surface area contributed by atoms with Crippen LogP contribution in [-0.2, 0) is 19.9 Å². The van der Waals surface area contributed by atoms with Gasteiger partial charge in [0.15, 0.2) is 21.5 Å². The van der Waals surface area contributed by atoms with Crippen LogP contribution in [0.5, 0.6) is 0 Å². The van der Waals surface area contributed by atoms with Gasteiger partial charge in [0.2, 0.25) is 10.0 Å². The van der Waals surface area contributed by atoms with Crippen LogP contribution in [0.15, 0.2) is 12.1 Å². The van der Waals surface area contributed by atoms with E-state index >= 15 is 0 Å². The van der Waals surface area contributed by atoms with Crippen molar-refractivity contribution in [2.24, 2.45) is 0 Å². The first kappa shape index (κ1) is 16.9. The van der Waals surface area contributed by atoms with E-state index in [4.69, 9.17) is 0 Å². The Morgan fingerprint density at radius 1 is 1.32 bits per heavy atom. The van der Waals surface area contributed by atoms with Crippen LogP contribution in [0.25, 0.3) is 0 Å². The molecule has 22 heavy (non-hydrogen) atoms. The molecule has 0 bridgehead atoms. The summed E-state index contributed by atoms with van der Waals surface area (Å²) in [5, 5.41) is 7.87. The average Bonchev–Trinajstić information content (AvgIpc) is 2.81. The molecule has 2 rings (SSSR count). The maximum atomic E-state index is 11.6. The van der Waals surface area contributed by atoms with Crippen molar-refractivity contribution in [2.75, 3.05) is 33.4 Å². The van der Waals surface area contributed by atoms with Crippen molar-refractivity contribution in [3.63, 3.8) is 0 Å². The summed E-state index contributed by atoms with van der Waals surface area (Å²) in [5.74, 6) is 0.963. The predicted octanol–water partition coefficient (Wildman–Crippen LogP) is 0.252. The number of nitrogens with zero attached hydrogens (tertiary/aromatic N) is 3. The molecule has 1 aliphatic rings. The summed E-state index contributed by atoms with van der Waals surface area (Å²) >= 11 is 0. The van der Waals surface area contributed by atoms with E-state index in [1.165, 1.54) is 13.0 Å². The van der Waals surface area contributed by atoms with E-state index in [2.05, 4.69) is 14.9 Å². The summed E-state index contributed by atoms with van der Waals surface area (Å²) in [7, 11) is -6.36. The molecule has 0 aliphatic carbocycles. The average molecular weight is 348 g/mol. The van der Waals surface area contributed by atoms with Gasteiger partial charge in [-0.3, -0.25) is 4.72 Å². The highest BCUT2D eigenvalue weighted by molar-refractivity contribution is 7.92. The van der Waals surface area contributed by atoms with E-state index in [0.717, 1.165) is 0 Å². The molecule has 0 saturated carbocycles. The molecule has 0 aromatic carbocycles. The van der Waals surface area contributed by atoms with Crippen LogP contribution in [0, 0.1) is 0 Å². The molecule has 1 aromatic rings. The van der Waals surface area contributed by atoms with Crippen molar-refractivity contribution in [1.29, 1.82) is 0 Å². The number of sulfone groups is 1. The van der Waals surface area contributed by atoms with Crippen LogP contribution in [0.4, 0.5) is 11.6 Å². The lowest BCUT2D eigenvalue weighted by atomic mass is 10.2. The van der Waals surface area contributed by atoms with Crippen molar-refractivity contribution >= 4 is 31.5 Å². The minimum absolute atomic E-state index is 0.0442. The number of hydrogen-bond donors (Lipinski definition) is 1. The van der Waals surface area contributed by atoms with E-state index in [-0.39, 0.29) is 29.1 Å². The number of anilines is 2. The number of rotatable bonds is 6. The summed E-state index contributed by atoms with van der Waals surface area (Å²) in [4.78, 5) is 1.88. The van der Waals surface area contributed by atoms with Gasteiger partial charge in [-0.15, -0.1) is 10.2 Å². The Balaban J connectivity index is 2.14. The molecular formula is C12H20N4O4S2. The predicted molar refractivity (Wildman–Crippen MR) is 85.2 cm³/mol. The molecule has 1 unspecified atom stereocenters. The lowest BCUT2D eigenvalue weighted by Crippen LogP contribution is -2.36. The van der Waals surface area contributed by atoms with Gasteiger partial charge in [0.25, 0.3) is 0 Å². The Labute approximate surface area is 130 Å². The van der Waals surface area contributed by atoms with Crippen molar-refractivity contribution in [3.05, 3.63) is 12.1 Å². The fourth-order valence-corrected chi connectivity index (χ4v) is 4.70. The molecular weight excluding hydrogens is 328 g/mol. The normalized spacial score (nSPS) is 20.7. The number of aromatic nitrogens is 2. The summed E-state index contributed by atoms with van der Waals surface area (Å²) < 4.78 is 48.4. The van der Waals surface area contributed by atoms with E-state index < -0.39 is 19.9 Å². The van der Waals surface area contributed by atoms with Gasteiger partial charge in [-0.25, -0.2) is 16.8 Å². The highest BCUT2D eigenvalue weighted by Crippen LogP contribution is 2.22. The quantitative estimate of drug-likeness (QED) is 0.785. The zero-order valence-corrected chi connectivity index (χ0v) is 14.2. The summed E-state index contributed by atoms with van der Waals surface area (Å²) in [6.07, 6.45) is 0.571. The summed E-state index contributed by atoms with van der Waals surface area (Å²) in [6.45, 7) is 4.05. The molecule has 124 valence electrons. The van der Waals surface area contributed by atoms with Crippen molar-refractivity contribution in [1.82, 2.24) is 10.2 Å². The van der Waals surface area contributed by atoms with Crippen LogP contribution in [0.2, 0.25) is 0 Å². The molecule has 0 radical (unpaired) electrons. The largest absolute Gasteiger partial charge is 0.351 e. The molecule has 2 heterocycles. The first-order valence-corrected chi connectivity index (χ1v) is 10.5. The van der Waals surface area contributed by atoms with Crippen LogP contribution in [0.3, 0.4) is 0 Å². The van der Waals surface area contributed by atoms with Gasteiger partial charge in [0.05, 0.1) is 17.3 Å². The van der Waals surface area contributed by atoms with Crippen LogP contribution in [-0.4, -0.2) is 56.9 Å². The van der Waals surface area contributed by atoms with E-state index in [1.807, 2.05) is 11.8 Å². The van der Waals surface area contributed by atoms with Crippen LogP contribution >= 0.6 is 0 Å². The summed E-state index contributed by atoms with van der Waals surface area (Å²) in [5.41, 5.74) is 0. The fraction of sp³-hybridized carbons (Fsp3) is 0.667. The minimum Gasteiger partial charge on any atom is -0.351 e. The molecule has 8 nitrogen and oxygen atoms in total. The van der Waals surface area contributed by atoms with Gasteiger partial charge in [-0.1, -0.05) is 0 Å². The molecule has 1 saturated heterocycles. The maximum absolute atomic E-state index is 11.6.